The van der Waals surface area contributed by atoms with Gasteiger partial charge in [-0.05, 0) is 0 Å². The molecule has 15 heavy (non-hydrogen) atoms. The van der Waals surface area contributed by atoms with Gasteiger partial charge < -0.3 is 9.90 Å². The lowest BCUT2D eigenvalue weighted by atomic mass is 10.3. The number of carboxylic acid groups (broad SMARTS) is 1. The molecule has 0 aliphatic carbocycles. The van der Waals surface area contributed by atoms with Gasteiger partial charge in [-0.1, -0.05) is 15.9 Å². The number of aromatic carboxylic acids is 1. The highest BCUT2D eigenvalue weighted by Gasteiger charge is 2.36. The third-order valence-corrected chi connectivity index (χ3v) is 1.98. The smallest absolute Gasteiger partial charge is 0.435 e. The zero-order valence-electron chi connectivity index (χ0n) is 7.01. The topological polar surface area (TPSA) is 65.9 Å². The molecule has 0 atom stereocenters. The van der Waals surface area contributed by atoms with Gasteiger partial charge in [0.1, 0.15) is 5.69 Å². The van der Waals surface area contributed by atoms with E-state index in [2.05, 4.69) is 25.9 Å². The van der Waals surface area contributed by atoms with Crippen LogP contribution in [0.25, 0.3) is 0 Å². The fraction of sp³-hybridized carbons (Fsp3) is 0.286. The van der Waals surface area contributed by atoms with Crippen LogP contribution in [-0.2, 0) is 11.5 Å². The highest BCUT2D eigenvalue weighted by Crippen LogP contribution is 2.30. The maximum absolute atomic E-state index is 12.3. The van der Waals surface area contributed by atoms with E-state index in [0.29, 0.717) is 0 Å². The molecule has 4 nitrogen and oxygen atoms in total. The van der Waals surface area contributed by atoms with E-state index < -0.39 is 23.5 Å². The second-order valence-electron chi connectivity index (χ2n) is 2.47. The van der Waals surface area contributed by atoms with Gasteiger partial charge in [0.25, 0.3) is 0 Å². The first-order valence-corrected chi connectivity index (χ1v) is 4.69. The van der Waals surface area contributed by atoms with Crippen molar-refractivity contribution in [2.75, 3.05) is 0 Å². The third kappa shape index (κ3) is 2.65. The summed E-state index contributed by atoms with van der Waals surface area (Å²) in [6.07, 6.45) is -4.01. The minimum atomic E-state index is -4.73. The summed E-state index contributed by atoms with van der Waals surface area (Å²) in [6, 6.07) is 0. The summed E-state index contributed by atoms with van der Waals surface area (Å²) in [6.45, 7) is 0. The summed E-state index contributed by atoms with van der Waals surface area (Å²) in [4.78, 5) is 16.6. The third-order valence-electron chi connectivity index (χ3n) is 1.45. The van der Waals surface area contributed by atoms with E-state index in [1.807, 2.05) is 0 Å². The average molecular weight is 284 g/mol. The van der Waals surface area contributed by atoms with Crippen molar-refractivity contribution in [1.29, 1.82) is 0 Å². The van der Waals surface area contributed by atoms with E-state index >= 15 is 0 Å². The molecule has 0 N–H and O–H groups in total. The van der Waals surface area contributed by atoms with Gasteiger partial charge in [-0.15, -0.1) is 0 Å². The Morgan fingerprint density at radius 2 is 2.13 bits per heavy atom. The quantitative estimate of drug-likeness (QED) is 0.752. The SMILES string of the molecule is O=C([O-])c1cnc(CBr)c(C(F)(F)F)n1. The van der Waals surface area contributed by atoms with E-state index in [1.54, 1.807) is 0 Å². The van der Waals surface area contributed by atoms with Crippen molar-refractivity contribution >= 4 is 21.9 Å². The number of halogens is 4. The van der Waals surface area contributed by atoms with Crippen LogP contribution in [0.5, 0.6) is 0 Å². The molecule has 0 bridgehead atoms. The van der Waals surface area contributed by atoms with Crippen LogP contribution in [0.1, 0.15) is 21.9 Å². The molecule has 0 radical (unpaired) electrons. The predicted molar refractivity (Wildman–Crippen MR) is 44.0 cm³/mol. The van der Waals surface area contributed by atoms with Crippen LogP contribution in [0.15, 0.2) is 6.20 Å². The van der Waals surface area contributed by atoms with Gasteiger partial charge in [-0.3, -0.25) is 4.98 Å². The minimum Gasteiger partial charge on any atom is -0.543 e. The van der Waals surface area contributed by atoms with Crippen molar-refractivity contribution < 1.29 is 23.1 Å². The fourth-order valence-corrected chi connectivity index (χ4v) is 1.25. The zero-order chi connectivity index (χ0) is 11.6. The molecule has 0 saturated heterocycles. The predicted octanol–water partition coefficient (Wildman–Crippen LogP) is 0.754. The summed E-state index contributed by atoms with van der Waals surface area (Å²) >= 11 is 2.80. The Morgan fingerprint density at radius 3 is 2.53 bits per heavy atom. The standard InChI is InChI=1S/C7H4BrF3N2O2/c8-1-3-5(7(9,10)11)13-4(2-12-3)6(14)15/h2H,1H2,(H,14,15)/p-1. The number of aromatic nitrogens is 2. The lowest BCUT2D eigenvalue weighted by Gasteiger charge is -2.11. The largest absolute Gasteiger partial charge is 0.543 e. The number of hydrogen-bond acceptors (Lipinski definition) is 4. The van der Waals surface area contributed by atoms with Gasteiger partial charge in [0.2, 0.25) is 0 Å². The number of carboxylic acids is 1. The lowest BCUT2D eigenvalue weighted by Crippen LogP contribution is -2.26. The molecule has 0 saturated carbocycles. The number of nitrogens with zero attached hydrogens (tertiary/aromatic N) is 2. The first-order valence-electron chi connectivity index (χ1n) is 3.56. The van der Waals surface area contributed by atoms with E-state index in [-0.39, 0.29) is 11.0 Å². The van der Waals surface area contributed by atoms with Crippen molar-refractivity contribution in [2.45, 2.75) is 11.5 Å². The first-order chi connectivity index (χ1) is 6.86. The Balaban J connectivity index is 3.32. The molecule has 8 heteroatoms. The maximum atomic E-state index is 12.3. The number of carbonyl (C=O) groups is 1. The summed E-state index contributed by atoms with van der Waals surface area (Å²) in [5, 5.41) is 10.1. The highest BCUT2D eigenvalue weighted by atomic mass is 79.9. The molecule has 0 unspecified atom stereocenters. The van der Waals surface area contributed by atoms with E-state index in [1.165, 1.54) is 0 Å². The van der Waals surface area contributed by atoms with Crippen LogP contribution in [0, 0.1) is 0 Å². The number of hydrogen-bond donors (Lipinski definition) is 0. The number of carbonyl (C=O) groups excluding carboxylic acids is 1. The van der Waals surface area contributed by atoms with Crippen LogP contribution in [-0.4, -0.2) is 15.9 Å². The Bertz CT molecular complexity index is 394. The molecular formula is C7H3BrF3N2O2-. The van der Waals surface area contributed by atoms with Crippen molar-refractivity contribution in [2.24, 2.45) is 0 Å². The van der Waals surface area contributed by atoms with Crippen LogP contribution in [0.4, 0.5) is 13.2 Å². The second-order valence-corrected chi connectivity index (χ2v) is 3.03. The van der Waals surface area contributed by atoms with E-state index in [4.69, 9.17) is 0 Å². The van der Waals surface area contributed by atoms with Crippen molar-refractivity contribution in [3.8, 4) is 0 Å². The summed E-state index contributed by atoms with van der Waals surface area (Å²) in [5.41, 5.74) is -2.53. The number of alkyl halides is 4. The van der Waals surface area contributed by atoms with Crippen molar-refractivity contribution in [1.82, 2.24) is 9.97 Å². The Kier molecular flexibility index (Phi) is 3.28. The van der Waals surface area contributed by atoms with Crippen molar-refractivity contribution in [3.63, 3.8) is 0 Å². The summed E-state index contributed by atoms with van der Waals surface area (Å²) in [5.74, 6) is -1.80. The average Bonchev–Trinajstić information content (AvgIpc) is 2.15. The van der Waals surface area contributed by atoms with Crippen LogP contribution in [0.2, 0.25) is 0 Å². The van der Waals surface area contributed by atoms with E-state index in [9.17, 15) is 23.1 Å². The van der Waals surface area contributed by atoms with Gasteiger partial charge in [0.15, 0.2) is 5.69 Å². The molecule has 1 aromatic rings. The van der Waals surface area contributed by atoms with Gasteiger partial charge in [-0.25, -0.2) is 4.98 Å². The van der Waals surface area contributed by atoms with Gasteiger partial charge in [-0.2, -0.15) is 13.2 Å². The fourth-order valence-electron chi connectivity index (χ4n) is 0.837. The Morgan fingerprint density at radius 1 is 1.53 bits per heavy atom. The molecule has 1 rings (SSSR count). The van der Waals surface area contributed by atoms with Crippen molar-refractivity contribution in [3.05, 3.63) is 23.3 Å². The summed E-state index contributed by atoms with van der Waals surface area (Å²) in [7, 11) is 0. The molecule has 0 fully saturated rings. The van der Waals surface area contributed by atoms with Gasteiger partial charge in [0.05, 0.1) is 17.9 Å². The molecule has 0 spiro atoms. The molecular weight excluding hydrogens is 281 g/mol. The molecule has 0 aliphatic rings. The molecule has 82 valence electrons. The Labute approximate surface area is 90.3 Å². The van der Waals surface area contributed by atoms with E-state index in [0.717, 1.165) is 6.20 Å². The monoisotopic (exact) mass is 283 g/mol. The highest BCUT2D eigenvalue weighted by molar-refractivity contribution is 9.08. The Hall–Kier alpha value is -1.18. The minimum absolute atomic E-state index is 0.165. The molecule has 1 heterocycles. The van der Waals surface area contributed by atoms with Gasteiger partial charge >= 0.3 is 6.18 Å². The summed E-state index contributed by atoms with van der Waals surface area (Å²) < 4.78 is 37.0. The zero-order valence-corrected chi connectivity index (χ0v) is 8.59. The van der Waals surface area contributed by atoms with Crippen LogP contribution < -0.4 is 5.11 Å². The number of rotatable bonds is 2. The first kappa shape index (κ1) is 11.9. The van der Waals surface area contributed by atoms with Crippen LogP contribution >= 0.6 is 15.9 Å². The molecule has 0 aliphatic heterocycles. The van der Waals surface area contributed by atoms with Gasteiger partial charge in [0, 0.05) is 5.33 Å². The molecule has 1 aromatic heterocycles. The normalized spacial score (nSPS) is 11.5. The van der Waals surface area contributed by atoms with Crippen LogP contribution in [0.3, 0.4) is 0 Å². The maximum Gasteiger partial charge on any atom is 0.435 e. The second kappa shape index (κ2) is 4.13. The molecule has 0 aromatic carbocycles. The molecule has 0 amide bonds. The lowest BCUT2D eigenvalue weighted by molar-refractivity contribution is -0.255.